The average molecular weight is 456 g/mol. The molecule has 3 aromatic heterocycles. The standard InChI is InChI=1S/C21H22ClN7O3/c1-3-27(4-2)21-24-13-14(22)17(26-21)19(30)28-7-9-29(10-8-28)20-15(12-23)25-18(32-20)16-6-5-11-31-16/h5-6,11,13H,3-4,7-10H2,1-2H3. The Morgan fingerprint density at radius 1 is 1.25 bits per heavy atom. The zero-order valence-electron chi connectivity index (χ0n) is 17.8. The normalized spacial score (nSPS) is 13.8. The minimum atomic E-state index is -0.250. The molecule has 1 fully saturated rings. The third-order valence-corrected chi connectivity index (χ3v) is 5.56. The van der Waals surface area contributed by atoms with Crippen molar-refractivity contribution in [3.63, 3.8) is 0 Å². The van der Waals surface area contributed by atoms with Crippen molar-refractivity contribution in [1.29, 1.82) is 5.26 Å². The second-order valence-electron chi connectivity index (χ2n) is 7.08. The average Bonchev–Trinajstić information content (AvgIpc) is 3.50. The molecule has 4 rings (SSSR count). The third kappa shape index (κ3) is 4.11. The van der Waals surface area contributed by atoms with Gasteiger partial charge in [0.15, 0.2) is 11.5 Å². The summed E-state index contributed by atoms with van der Waals surface area (Å²) in [5.74, 6) is 1.29. The van der Waals surface area contributed by atoms with Crippen molar-refractivity contribution >= 4 is 29.3 Å². The molecule has 0 saturated carbocycles. The topological polar surface area (TPSA) is 116 Å². The van der Waals surface area contributed by atoms with Crippen LogP contribution < -0.4 is 9.80 Å². The van der Waals surface area contributed by atoms with Gasteiger partial charge in [0.05, 0.1) is 17.5 Å². The van der Waals surface area contributed by atoms with Gasteiger partial charge in [0.2, 0.25) is 17.5 Å². The van der Waals surface area contributed by atoms with Crippen molar-refractivity contribution in [3.05, 3.63) is 41.0 Å². The number of nitrogens with zero attached hydrogens (tertiary/aromatic N) is 7. The lowest BCUT2D eigenvalue weighted by atomic mass is 10.2. The highest BCUT2D eigenvalue weighted by Crippen LogP contribution is 2.29. The maximum absolute atomic E-state index is 13.1. The molecular formula is C21H22ClN7O3. The fourth-order valence-electron chi connectivity index (χ4n) is 3.53. The Bertz CT molecular complexity index is 1130. The number of rotatable bonds is 6. The molecule has 1 aliphatic heterocycles. The number of furan rings is 1. The monoisotopic (exact) mass is 455 g/mol. The third-order valence-electron chi connectivity index (χ3n) is 5.28. The highest BCUT2D eigenvalue weighted by atomic mass is 35.5. The Kier molecular flexibility index (Phi) is 6.28. The summed E-state index contributed by atoms with van der Waals surface area (Å²) >= 11 is 6.25. The van der Waals surface area contributed by atoms with E-state index in [9.17, 15) is 10.1 Å². The Morgan fingerprint density at radius 3 is 2.62 bits per heavy atom. The van der Waals surface area contributed by atoms with Crippen molar-refractivity contribution < 1.29 is 13.6 Å². The van der Waals surface area contributed by atoms with E-state index in [1.54, 1.807) is 17.0 Å². The van der Waals surface area contributed by atoms with Crippen LogP contribution in [0.25, 0.3) is 11.7 Å². The number of oxazole rings is 1. The van der Waals surface area contributed by atoms with E-state index in [1.165, 1.54) is 12.5 Å². The van der Waals surface area contributed by atoms with Crippen molar-refractivity contribution in [3.8, 4) is 17.7 Å². The van der Waals surface area contributed by atoms with Gasteiger partial charge in [-0.3, -0.25) is 4.79 Å². The molecule has 0 atom stereocenters. The molecule has 0 N–H and O–H groups in total. The molecule has 4 heterocycles. The second kappa shape index (κ2) is 9.28. The van der Waals surface area contributed by atoms with Gasteiger partial charge in [0.25, 0.3) is 11.8 Å². The van der Waals surface area contributed by atoms with Gasteiger partial charge in [0.1, 0.15) is 6.07 Å². The molecule has 0 aliphatic carbocycles. The lowest BCUT2D eigenvalue weighted by Crippen LogP contribution is -2.49. The lowest BCUT2D eigenvalue weighted by Gasteiger charge is -2.34. The molecule has 166 valence electrons. The number of amides is 1. The molecule has 0 radical (unpaired) electrons. The first kappa shape index (κ1) is 21.6. The maximum Gasteiger partial charge on any atom is 0.274 e. The quantitative estimate of drug-likeness (QED) is 0.552. The Morgan fingerprint density at radius 2 is 2.00 bits per heavy atom. The number of nitriles is 1. The molecule has 0 unspecified atom stereocenters. The van der Waals surface area contributed by atoms with Crippen molar-refractivity contribution in [2.45, 2.75) is 13.8 Å². The minimum absolute atomic E-state index is 0.180. The van der Waals surface area contributed by atoms with Crippen LogP contribution in [0.3, 0.4) is 0 Å². The van der Waals surface area contributed by atoms with Gasteiger partial charge >= 0.3 is 0 Å². The van der Waals surface area contributed by atoms with Gasteiger partial charge < -0.3 is 23.5 Å². The maximum atomic E-state index is 13.1. The first-order valence-corrected chi connectivity index (χ1v) is 10.7. The molecule has 32 heavy (non-hydrogen) atoms. The number of aromatic nitrogens is 3. The van der Waals surface area contributed by atoms with Crippen molar-refractivity contribution in [2.75, 3.05) is 49.1 Å². The lowest BCUT2D eigenvalue weighted by molar-refractivity contribution is 0.0739. The molecule has 0 spiro atoms. The zero-order valence-corrected chi connectivity index (χ0v) is 18.5. The SMILES string of the molecule is CCN(CC)c1ncc(Cl)c(C(=O)N2CCN(c3oc(-c4ccco4)nc3C#N)CC2)n1. The summed E-state index contributed by atoms with van der Waals surface area (Å²) in [6.45, 7) is 7.23. The fourth-order valence-corrected chi connectivity index (χ4v) is 3.71. The first-order chi connectivity index (χ1) is 15.5. The summed E-state index contributed by atoms with van der Waals surface area (Å²) in [5.41, 5.74) is 0.369. The van der Waals surface area contributed by atoms with Gasteiger partial charge in [-0.2, -0.15) is 10.2 Å². The van der Waals surface area contributed by atoms with Crippen molar-refractivity contribution in [2.24, 2.45) is 0 Å². The summed E-state index contributed by atoms with van der Waals surface area (Å²) < 4.78 is 11.1. The van der Waals surface area contributed by atoms with Gasteiger partial charge in [0, 0.05) is 39.3 Å². The van der Waals surface area contributed by atoms with Crippen LogP contribution in [0.5, 0.6) is 0 Å². The second-order valence-corrected chi connectivity index (χ2v) is 7.49. The summed E-state index contributed by atoms with van der Waals surface area (Å²) in [5, 5.41) is 9.68. The predicted molar refractivity (Wildman–Crippen MR) is 118 cm³/mol. The van der Waals surface area contributed by atoms with E-state index in [0.717, 1.165) is 13.1 Å². The number of carbonyl (C=O) groups excluding carboxylic acids is 1. The molecule has 1 amide bonds. The highest BCUT2D eigenvalue weighted by Gasteiger charge is 2.29. The Labute approximate surface area is 190 Å². The number of piperazine rings is 1. The van der Waals surface area contributed by atoms with E-state index in [4.69, 9.17) is 20.4 Å². The van der Waals surface area contributed by atoms with Gasteiger partial charge in [-0.05, 0) is 26.0 Å². The first-order valence-electron chi connectivity index (χ1n) is 10.3. The Hall–Kier alpha value is -3.58. The van der Waals surface area contributed by atoms with Crippen LogP contribution in [0.15, 0.2) is 33.4 Å². The van der Waals surface area contributed by atoms with Gasteiger partial charge in [-0.1, -0.05) is 11.6 Å². The van der Waals surface area contributed by atoms with Crippen LogP contribution >= 0.6 is 11.6 Å². The van der Waals surface area contributed by atoms with Crippen LogP contribution in [0.4, 0.5) is 11.8 Å². The summed E-state index contributed by atoms with van der Waals surface area (Å²) in [7, 11) is 0. The minimum Gasteiger partial charge on any atom is -0.459 e. The summed E-state index contributed by atoms with van der Waals surface area (Å²) in [6.07, 6.45) is 2.98. The molecule has 11 heteroatoms. The van der Waals surface area contributed by atoms with Crippen LogP contribution in [0.2, 0.25) is 5.02 Å². The molecule has 0 bridgehead atoms. The summed E-state index contributed by atoms with van der Waals surface area (Å²) in [4.78, 5) is 31.5. The smallest absolute Gasteiger partial charge is 0.274 e. The van der Waals surface area contributed by atoms with Crippen molar-refractivity contribution in [1.82, 2.24) is 19.9 Å². The molecule has 1 aliphatic rings. The van der Waals surface area contributed by atoms with Gasteiger partial charge in [-0.15, -0.1) is 0 Å². The Balaban J connectivity index is 1.48. The highest BCUT2D eigenvalue weighted by molar-refractivity contribution is 6.33. The largest absolute Gasteiger partial charge is 0.459 e. The molecule has 10 nitrogen and oxygen atoms in total. The summed E-state index contributed by atoms with van der Waals surface area (Å²) in [6, 6.07) is 5.50. The van der Waals surface area contributed by atoms with Crippen LogP contribution in [-0.2, 0) is 0 Å². The van der Waals surface area contributed by atoms with E-state index in [-0.39, 0.29) is 28.2 Å². The molecule has 1 saturated heterocycles. The molecular weight excluding hydrogens is 434 g/mol. The van der Waals surface area contributed by atoms with E-state index in [0.29, 0.717) is 43.8 Å². The predicted octanol–water partition coefficient (Wildman–Crippen LogP) is 3.06. The number of hydrogen-bond acceptors (Lipinski definition) is 9. The molecule has 0 aromatic carbocycles. The number of halogens is 1. The van der Waals surface area contributed by atoms with Crippen LogP contribution in [0.1, 0.15) is 30.0 Å². The molecule has 3 aromatic rings. The van der Waals surface area contributed by atoms with E-state index in [2.05, 4.69) is 21.0 Å². The van der Waals surface area contributed by atoms with Crippen LogP contribution in [-0.4, -0.2) is 65.0 Å². The van der Waals surface area contributed by atoms with Crippen LogP contribution in [0, 0.1) is 11.3 Å². The number of anilines is 2. The van der Waals surface area contributed by atoms with E-state index in [1.807, 2.05) is 23.6 Å². The zero-order chi connectivity index (χ0) is 22.7. The fraction of sp³-hybridized carbons (Fsp3) is 0.381. The van der Waals surface area contributed by atoms with E-state index >= 15 is 0 Å². The number of carbonyl (C=O) groups is 1. The van der Waals surface area contributed by atoms with Gasteiger partial charge in [-0.25, -0.2) is 9.97 Å². The number of hydrogen-bond donors (Lipinski definition) is 0. The van der Waals surface area contributed by atoms with E-state index < -0.39 is 0 Å².